The Morgan fingerprint density at radius 2 is 1.82 bits per heavy atom. The molecule has 1 fully saturated rings. The Morgan fingerprint density at radius 1 is 1.09 bits per heavy atom. The number of benzene rings is 1. The number of aromatic nitrogens is 4. The molecule has 1 saturated heterocycles. The summed E-state index contributed by atoms with van der Waals surface area (Å²) >= 11 is 0. The van der Waals surface area contributed by atoms with Crippen LogP contribution in [0.15, 0.2) is 55.0 Å². The quantitative estimate of drug-likeness (QED) is 0.595. The minimum atomic E-state index is -0.708. The van der Waals surface area contributed by atoms with Gasteiger partial charge < -0.3 is 15.0 Å². The summed E-state index contributed by atoms with van der Waals surface area (Å²) in [5.74, 6) is 0.376. The largest absolute Gasteiger partial charge is 0.367 e. The Hall–Kier alpha value is -3.46. The van der Waals surface area contributed by atoms with Gasteiger partial charge in [-0.25, -0.2) is 4.68 Å². The van der Waals surface area contributed by atoms with Crippen LogP contribution < -0.4 is 5.32 Å². The fourth-order valence-electron chi connectivity index (χ4n) is 4.15. The Bertz CT molecular complexity index is 1080. The Morgan fingerprint density at radius 3 is 2.45 bits per heavy atom. The van der Waals surface area contributed by atoms with E-state index >= 15 is 0 Å². The first kappa shape index (κ1) is 22.7. The molecule has 0 aliphatic carbocycles. The average Bonchev–Trinajstić information content (AvgIpc) is 3.50. The zero-order chi connectivity index (χ0) is 23.4. The normalized spacial score (nSPS) is 15.6. The van der Waals surface area contributed by atoms with Crippen LogP contribution >= 0.6 is 0 Å². The molecule has 2 aromatic heterocycles. The topological polar surface area (TPSA) is 94.3 Å². The maximum atomic E-state index is 12.9. The highest BCUT2D eigenvalue weighted by atomic mass is 16.5. The second-order valence-corrected chi connectivity index (χ2v) is 8.50. The Labute approximate surface area is 193 Å². The zero-order valence-electron chi connectivity index (χ0n) is 19.2. The minimum absolute atomic E-state index is 0.000129. The van der Waals surface area contributed by atoms with Gasteiger partial charge >= 0.3 is 0 Å². The molecule has 1 aromatic carbocycles. The summed E-state index contributed by atoms with van der Waals surface area (Å²) in [7, 11) is 1.52. The predicted octanol–water partition coefficient (Wildman–Crippen LogP) is 3.46. The number of amides is 2. The number of carbonyl (C=O) groups is 2. The molecule has 0 radical (unpaired) electrons. The van der Waals surface area contributed by atoms with Crippen molar-refractivity contribution in [3.8, 4) is 0 Å². The van der Waals surface area contributed by atoms with Crippen molar-refractivity contribution in [2.45, 2.75) is 44.9 Å². The second-order valence-electron chi connectivity index (χ2n) is 8.50. The smallest absolute Gasteiger partial charge is 0.259 e. The van der Waals surface area contributed by atoms with Gasteiger partial charge in [-0.15, -0.1) is 0 Å². The SMILES string of the molecule is CO[C@H](C(=O)Nc1ccnn1C1CCN(C(=O)c2cnn(C(C)C)c2)CC1)c1ccccc1. The summed E-state index contributed by atoms with van der Waals surface area (Å²) in [6.07, 6.45) is 5.91. The number of rotatable bonds is 7. The van der Waals surface area contributed by atoms with Crippen LogP contribution in [0.5, 0.6) is 0 Å². The molecule has 1 aliphatic rings. The number of piperidine rings is 1. The molecule has 33 heavy (non-hydrogen) atoms. The number of hydrogen-bond acceptors (Lipinski definition) is 5. The summed E-state index contributed by atoms with van der Waals surface area (Å²) in [6.45, 7) is 5.30. The number of ether oxygens (including phenoxy) is 1. The van der Waals surface area contributed by atoms with Crippen molar-refractivity contribution in [3.05, 3.63) is 66.1 Å². The predicted molar refractivity (Wildman–Crippen MR) is 124 cm³/mol. The van der Waals surface area contributed by atoms with Crippen LogP contribution in [0.3, 0.4) is 0 Å². The molecule has 0 unspecified atom stereocenters. The number of nitrogens with zero attached hydrogens (tertiary/aromatic N) is 5. The molecule has 0 saturated carbocycles. The molecule has 1 aliphatic heterocycles. The fraction of sp³-hybridized carbons (Fsp3) is 0.417. The zero-order valence-corrected chi connectivity index (χ0v) is 19.2. The molecule has 1 atom stereocenters. The summed E-state index contributed by atoms with van der Waals surface area (Å²) < 4.78 is 9.07. The lowest BCUT2D eigenvalue weighted by molar-refractivity contribution is -0.126. The summed E-state index contributed by atoms with van der Waals surface area (Å²) in [6, 6.07) is 11.5. The number of likely N-dealkylation sites (tertiary alicyclic amines) is 1. The van der Waals surface area contributed by atoms with Gasteiger partial charge in [-0.1, -0.05) is 30.3 Å². The van der Waals surface area contributed by atoms with E-state index in [0.29, 0.717) is 24.5 Å². The van der Waals surface area contributed by atoms with E-state index < -0.39 is 6.10 Å². The second kappa shape index (κ2) is 9.99. The van der Waals surface area contributed by atoms with Gasteiger partial charge in [-0.2, -0.15) is 10.2 Å². The first-order valence-electron chi connectivity index (χ1n) is 11.2. The number of nitrogens with one attached hydrogen (secondary N) is 1. The van der Waals surface area contributed by atoms with E-state index in [0.717, 1.165) is 18.4 Å². The highest BCUT2D eigenvalue weighted by Gasteiger charge is 2.28. The number of anilines is 1. The van der Waals surface area contributed by atoms with E-state index in [4.69, 9.17) is 4.74 Å². The first-order chi connectivity index (χ1) is 16.0. The molecule has 1 N–H and O–H groups in total. The van der Waals surface area contributed by atoms with E-state index in [9.17, 15) is 9.59 Å². The monoisotopic (exact) mass is 450 g/mol. The van der Waals surface area contributed by atoms with Crippen LogP contribution in [0.1, 0.15) is 60.8 Å². The number of hydrogen-bond donors (Lipinski definition) is 1. The van der Waals surface area contributed by atoms with Crippen molar-refractivity contribution in [2.75, 3.05) is 25.5 Å². The van der Waals surface area contributed by atoms with Gasteiger partial charge in [0.15, 0.2) is 6.10 Å². The van der Waals surface area contributed by atoms with Crippen molar-refractivity contribution in [3.63, 3.8) is 0 Å². The molecule has 4 rings (SSSR count). The summed E-state index contributed by atoms with van der Waals surface area (Å²) in [5.41, 5.74) is 1.40. The molecule has 9 nitrogen and oxygen atoms in total. The third-order valence-corrected chi connectivity index (χ3v) is 5.97. The van der Waals surface area contributed by atoms with Crippen LogP contribution in [-0.2, 0) is 9.53 Å². The van der Waals surface area contributed by atoms with E-state index in [-0.39, 0.29) is 23.9 Å². The molecule has 174 valence electrons. The van der Waals surface area contributed by atoms with E-state index in [1.54, 1.807) is 29.3 Å². The molecule has 3 aromatic rings. The molecule has 9 heteroatoms. The van der Waals surface area contributed by atoms with Gasteiger partial charge in [0, 0.05) is 38.5 Å². The third kappa shape index (κ3) is 4.98. The lowest BCUT2D eigenvalue weighted by atomic mass is 10.0. The molecule has 0 bridgehead atoms. The molecule has 0 spiro atoms. The van der Waals surface area contributed by atoms with Gasteiger partial charge in [-0.3, -0.25) is 14.3 Å². The van der Waals surface area contributed by atoms with Gasteiger partial charge in [0.25, 0.3) is 11.8 Å². The van der Waals surface area contributed by atoms with Gasteiger partial charge in [0.2, 0.25) is 0 Å². The van der Waals surface area contributed by atoms with Crippen molar-refractivity contribution in [1.29, 1.82) is 0 Å². The first-order valence-corrected chi connectivity index (χ1v) is 11.2. The van der Waals surface area contributed by atoms with E-state index in [1.807, 2.05) is 53.8 Å². The lowest BCUT2D eigenvalue weighted by Crippen LogP contribution is -2.39. The van der Waals surface area contributed by atoms with Crippen molar-refractivity contribution >= 4 is 17.6 Å². The van der Waals surface area contributed by atoms with Crippen LogP contribution in [0.2, 0.25) is 0 Å². The van der Waals surface area contributed by atoms with E-state index in [2.05, 4.69) is 15.5 Å². The highest BCUT2D eigenvalue weighted by Crippen LogP contribution is 2.27. The van der Waals surface area contributed by atoms with Crippen molar-refractivity contribution in [2.24, 2.45) is 0 Å². The fourth-order valence-corrected chi connectivity index (χ4v) is 4.15. The van der Waals surface area contributed by atoms with E-state index in [1.165, 1.54) is 7.11 Å². The molecule has 2 amide bonds. The van der Waals surface area contributed by atoms with Gasteiger partial charge in [0.1, 0.15) is 5.82 Å². The minimum Gasteiger partial charge on any atom is -0.367 e. The van der Waals surface area contributed by atoms with Crippen LogP contribution in [0.25, 0.3) is 0 Å². The maximum absolute atomic E-state index is 12.9. The number of carbonyl (C=O) groups excluding carboxylic acids is 2. The average molecular weight is 451 g/mol. The van der Waals surface area contributed by atoms with Crippen molar-refractivity contribution in [1.82, 2.24) is 24.5 Å². The third-order valence-electron chi connectivity index (χ3n) is 5.97. The van der Waals surface area contributed by atoms with Gasteiger partial charge in [0.05, 0.1) is 24.0 Å². The van der Waals surface area contributed by atoms with Gasteiger partial charge in [-0.05, 0) is 32.3 Å². The van der Waals surface area contributed by atoms with Crippen LogP contribution in [-0.4, -0.2) is 56.5 Å². The molecule has 3 heterocycles. The Balaban J connectivity index is 1.38. The maximum Gasteiger partial charge on any atom is 0.259 e. The number of methoxy groups -OCH3 is 1. The van der Waals surface area contributed by atoms with Crippen LogP contribution in [0, 0.1) is 0 Å². The summed E-state index contributed by atoms with van der Waals surface area (Å²) in [5, 5.41) is 11.7. The molecular weight excluding hydrogens is 420 g/mol. The Kier molecular flexibility index (Phi) is 6.88. The lowest BCUT2D eigenvalue weighted by Gasteiger charge is -2.32. The van der Waals surface area contributed by atoms with Crippen LogP contribution in [0.4, 0.5) is 5.82 Å². The standard InChI is InChI=1S/C24H30N6O3/c1-17(2)29-16-19(15-26-29)24(32)28-13-10-20(11-14-28)30-21(9-12-25-30)27-23(31)22(33-3)18-7-5-4-6-8-18/h4-9,12,15-17,20,22H,10-11,13-14H2,1-3H3,(H,27,31)/t22-/m0/s1. The highest BCUT2D eigenvalue weighted by molar-refractivity contribution is 5.94. The van der Waals surface area contributed by atoms with Crippen molar-refractivity contribution < 1.29 is 14.3 Å². The molecular formula is C24H30N6O3. The summed E-state index contributed by atoms with van der Waals surface area (Å²) in [4.78, 5) is 27.6.